The molecule has 0 radical (unpaired) electrons. The number of ketones is 1. The molecule has 3 aromatic rings. The van der Waals surface area contributed by atoms with Crippen LogP contribution in [0.3, 0.4) is 0 Å². The first-order valence-corrected chi connectivity index (χ1v) is 10.2. The standard InChI is InChI=1S/C25H21ClO6/c1-28-20-13-23(30-3)22(29-2)10-16(20)11-24-25(27)19-8-7-18(12-21(19)32-24)31-14-15-5-4-6-17(26)9-15/h4-13H,14H2,1-3H3. The van der Waals surface area contributed by atoms with Gasteiger partial charge in [0, 0.05) is 22.7 Å². The van der Waals surface area contributed by atoms with Gasteiger partial charge in [-0.3, -0.25) is 4.79 Å². The summed E-state index contributed by atoms with van der Waals surface area (Å²) in [6.07, 6.45) is 1.62. The maximum absolute atomic E-state index is 12.9. The van der Waals surface area contributed by atoms with E-state index in [-0.39, 0.29) is 11.5 Å². The van der Waals surface area contributed by atoms with Crippen LogP contribution >= 0.6 is 11.6 Å². The van der Waals surface area contributed by atoms with Gasteiger partial charge in [-0.2, -0.15) is 0 Å². The predicted molar refractivity (Wildman–Crippen MR) is 121 cm³/mol. The fourth-order valence-corrected chi connectivity index (χ4v) is 3.57. The van der Waals surface area contributed by atoms with E-state index in [2.05, 4.69) is 0 Å². The van der Waals surface area contributed by atoms with Gasteiger partial charge >= 0.3 is 0 Å². The van der Waals surface area contributed by atoms with Crippen molar-refractivity contribution in [3.05, 3.63) is 82.1 Å². The Kier molecular flexibility index (Phi) is 6.23. The Morgan fingerprint density at radius 2 is 1.66 bits per heavy atom. The quantitative estimate of drug-likeness (QED) is 0.437. The second-order valence-electron chi connectivity index (χ2n) is 6.97. The Bertz CT molecular complexity index is 1200. The van der Waals surface area contributed by atoms with Crippen LogP contribution in [-0.2, 0) is 6.61 Å². The summed E-state index contributed by atoms with van der Waals surface area (Å²) >= 11 is 6.02. The third kappa shape index (κ3) is 4.36. The average Bonchev–Trinajstić information content (AvgIpc) is 3.11. The maximum Gasteiger partial charge on any atom is 0.231 e. The number of fused-ring (bicyclic) bond motifs is 1. The van der Waals surface area contributed by atoms with E-state index in [1.54, 1.807) is 63.8 Å². The van der Waals surface area contributed by atoms with Gasteiger partial charge in [0.1, 0.15) is 23.9 Å². The van der Waals surface area contributed by atoms with Crippen LogP contribution in [0.15, 0.2) is 60.4 Å². The summed E-state index contributed by atoms with van der Waals surface area (Å²) in [5, 5.41) is 0.648. The average molecular weight is 453 g/mol. The lowest BCUT2D eigenvalue weighted by Crippen LogP contribution is -2.00. The normalized spacial score (nSPS) is 13.5. The Morgan fingerprint density at radius 3 is 2.38 bits per heavy atom. The molecule has 0 aromatic heterocycles. The summed E-state index contributed by atoms with van der Waals surface area (Å²) in [4.78, 5) is 12.9. The van der Waals surface area contributed by atoms with Gasteiger partial charge in [-0.05, 0) is 42.0 Å². The molecule has 0 N–H and O–H groups in total. The summed E-state index contributed by atoms with van der Waals surface area (Å²) in [7, 11) is 4.62. The summed E-state index contributed by atoms with van der Waals surface area (Å²) < 4.78 is 27.8. The highest BCUT2D eigenvalue weighted by atomic mass is 35.5. The van der Waals surface area contributed by atoms with E-state index >= 15 is 0 Å². The molecule has 32 heavy (non-hydrogen) atoms. The molecular formula is C25H21ClO6. The number of rotatable bonds is 7. The zero-order valence-electron chi connectivity index (χ0n) is 17.8. The molecule has 0 saturated carbocycles. The first kappa shape index (κ1) is 21.6. The van der Waals surface area contributed by atoms with Crippen molar-refractivity contribution in [2.75, 3.05) is 21.3 Å². The lowest BCUT2D eigenvalue weighted by molar-refractivity contribution is 0.101. The van der Waals surface area contributed by atoms with E-state index in [1.807, 2.05) is 18.2 Å². The van der Waals surface area contributed by atoms with Crippen molar-refractivity contribution in [1.29, 1.82) is 0 Å². The van der Waals surface area contributed by atoms with Crippen LogP contribution in [-0.4, -0.2) is 27.1 Å². The number of allylic oxidation sites excluding steroid dienone is 1. The van der Waals surface area contributed by atoms with Crippen LogP contribution in [0.5, 0.6) is 28.7 Å². The molecule has 6 nitrogen and oxygen atoms in total. The van der Waals surface area contributed by atoms with Crippen molar-refractivity contribution in [2.45, 2.75) is 6.61 Å². The van der Waals surface area contributed by atoms with Crippen molar-refractivity contribution < 1.29 is 28.5 Å². The van der Waals surface area contributed by atoms with Crippen molar-refractivity contribution in [3.8, 4) is 28.7 Å². The summed E-state index contributed by atoms with van der Waals surface area (Å²) in [6, 6.07) is 16.0. The summed E-state index contributed by atoms with van der Waals surface area (Å²) in [5.41, 5.74) is 2.03. The highest BCUT2D eigenvalue weighted by Crippen LogP contribution is 2.39. The fourth-order valence-electron chi connectivity index (χ4n) is 3.36. The lowest BCUT2D eigenvalue weighted by atomic mass is 10.1. The van der Waals surface area contributed by atoms with E-state index in [4.69, 9.17) is 35.3 Å². The van der Waals surface area contributed by atoms with Gasteiger partial charge in [-0.25, -0.2) is 0 Å². The largest absolute Gasteiger partial charge is 0.496 e. The van der Waals surface area contributed by atoms with Gasteiger partial charge in [-0.15, -0.1) is 0 Å². The molecule has 0 fully saturated rings. The molecule has 0 spiro atoms. The number of hydrogen-bond acceptors (Lipinski definition) is 6. The molecule has 164 valence electrons. The van der Waals surface area contributed by atoms with E-state index in [0.717, 1.165) is 5.56 Å². The molecule has 3 aromatic carbocycles. The Balaban J connectivity index is 1.57. The molecule has 0 aliphatic carbocycles. The molecule has 0 bridgehead atoms. The second kappa shape index (κ2) is 9.24. The van der Waals surface area contributed by atoms with Crippen molar-refractivity contribution >= 4 is 23.5 Å². The summed E-state index contributed by atoms with van der Waals surface area (Å²) in [6.45, 7) is 0.346. The van der Waals surface area contributed by atoms with E-state index in [0.29, 0.717) is 51.5 Å². The topological polar surface area (TPSA) is 63.2 Å². The third-order valence-corrected chi connectivity index (χ3v) is 5.19. The Labute approximate surface area is 190 Å². The number of carbonyl (C=O) groups is 1. The van der Waals surface area contributed by atoms with Gasteiger partial charge in [0.25, 0.3) is 0 Å². The molecule has 1 heterocycles. The van der Waals surface area contributed by atoms with Gasteiger partial charge in [-0.1, -0.05) is 23.7 Å². The molecule has 0 amide bonds. The van der Waals surface area contributed by atoms with Crippen molar-refractivity contribution in [1.82, 2.24) is 0 Å². The molecule has 0 unspecified atom stereocenters. The van der Waals surface area contributed by atoms with E-state index in [1.165, 1.54) is 0 Å². The maximum atomic E-state index is 12.9. The zero-order valence-corrected chi connectivity index (χ0v) is 18.6. The predicted octanol–water partition coefficient (Wildman–Crippen LogP) is 5.56. The number of methoxy groups -OCH3 is 3. The van der Waals surface area contributed by atoms with Crippen molar-refractivity contribution in [2.24, 2.45) is 0 Å². The molecule has 0 atom stereocenters. The zero-order chi connectivity index (χ0) is 22.7. The minimum absolute atomic E-state index is 0.178. The number of ether oxygens (including phenoxy) is 5. The summed E-state index contributed by atoms with van der Waals surface area (Å²) in [5.74, 6) is 2.53. The minimum Gasteiger partial charge on any atom is -0.496 e. The van der Waals surface area contributed by atoms with Crippen LogP contribution in [0.4, 0.5) is 0 Å². The Hall–Kier alpha value is -3.64. The lowest BCUT2D eigenvalue weighted by Gasteiger charge is -2.12. The van der Waals surface area contributed by atoms with Gasteiger partial charge < -0.3 is 23.7 Å². The molecule has 7 heteroatoms. The molecular weight excluding hydrogens is 432 g/mol. The molecule has 1 aliphatic heterocycles. The first-order chi connectivity index (χ1) is 15.5. The molecule has 4 rings (SSSR count). The van der Waals surface area contributed by atoms with Gasteiger partial charge in [0.05, 0.1) is 26.9 Å². The van der Waals surface area contributed by atoms with Crippen molar-refractivity contribution in [3.63, 3.8) is 0 Å². The van der Waals surface area contributed by atoms with Crippen LogP contribution in [0, 0.1) is 0 Å². The highest BCUT2D eigenvalue weighted by molar-refractivity contribution is 6.30. The first-order valence-electron chi connectivity index (χ1n) is 9.78. The SMILES string of the molecule is COc1cc(OC)c(OC)cc1C=C1Oc2cc(OCc3cccc(Cl)c3)ccc2C1=O. The molecule has 1 aliphatic rings. The molecule has 0 saturated heterocycles. The second-order valence-corrected chi connectivity index (χ2v) is 7.40. The van der Waals surface area contributed by atoms with E-state index in [9.17, 15) is 4.79 Å². The number of halogens is 1. The monoisotopic (exact) mass is 452 g/mol. The smallest absolute Gasteiger partial charge is 0.231 e. The fraction of sp³-hybridized carbons (Fsp3) is 0.160. The third-order valence-electron chi connectivity index (χ3n) is 4.96. The van der Waals surface area contributed by atoms with Crippen LogP contribution < -0.4 is 23.7 Å². The van der Waals surface area contributed by atoms with Crippen LogP contribution in [0.2, 0.25) is 5.02 Å². The highest BCUT2D eigenvalue weighted by Gasteiger charge is 2.28. The number of Topliss-reactive ketones (excluding diaryl/α,β-unsaturated/α-hetero) is 1. The van der Waals surface area contributed by atoms with Gasteiger partial charge in [0.2, 0.25) is 5.78 Å². The van der Waals surface area contributed by atoms with Crippen LogP contribution in [0.25, 0.3) is 6.08 Å². The van der Waals surface area contributed by atoms with E-state index < -0.39 is 0 Å². The number of carbonyl (C=O) groups excluding carboxylic acids is 1. The van der Waals surface area contributed by atoms with Gasteiger partial charge in [0.15, 0.2) is 17.3 Å². The Morgan fingerprint density at radius 1 is 0.906 bits per heavy atom. The number of hydrogen-bond donors (Lipinski definition) is 0. The van der Waals surface area contributed by atoms with Crippen LogP contribution in [0.1, 0.15) is 21.5 Å². The minimum atomic E-state index is -0.224. The number of benzene rings is 3.